The van der Waals surface area contributed by atoms with E-state index in [4.69, 9.17) is 5.73 Å². The Morgan fingerprint density at radius 2 is 1.85 bits per heavy atom. The first-order chi connectivity index (χ1) is 9.74. The lowest BCUT2D eigenvalue weighted by molar-refractivity contribution is -0.0424. The lowest BCUT2D eigenvalue weighted by Crippen LogP contribution is -2.46. The molecule has 0 amide bonds. The van der Waals surface area contributed by atoms with Crippen molar-refractivity contribution in [3.8, 4) is 0 Å². The second-order valence-electron chi connectivity index (χ2n) is 7.37. The van der Waals surface area contributed by atoms with Gasteiger partial charge in [0.15, 0.2) is 0 Å². The summed E-state index contributed by atoms with van der Waals surface area (Å²) in [4.78, 5) is 4.40. The Morgan fingerprint density at radius 3 is 2.45 bits per heavy atom. The van der Waals surface area contributed by atoms with Crippen molar-refractivity contribution in [1.29, 1.82) is 0 Å². The summed E-state index contributed by atoms with van der Waals surface area (Å²) in [5, 5.41) is 4.27. The lowest BCUT2D eigenvalue weighted by Gasteiger charge is -2.55. The number of aryl methyl sites for hydroxylation is 1. The molecule has 1 aromatic heterocycles. The van der Waals surface area contributed by atoms with Gasteiger partial charge >= 0.3 is 0 Å². The van der Waals surface area contributed by atoms with Crippen LogP contribution in [0.3, 0.4) is 0 Å². The van der Waals surface area contributed by atoms with Crippen molar-refractivity contribution < 1.29 is 0 Å². The number of aromatic nitrogens is 3. The summed E-state index contributed by atoms with van der Waals surface area (Å²) in [6, 6.07) is 0.0694. The van der Waals surface area contributed by atoms with Crippen molar-refractivity contribution in [3.63, 3.8) is 0 Å². The van der Waals surface area contributed by atoms with Crippen molar-refractivity contribution >= 4 is 0 Å². The molecule has 110 valence electrons. The Morgan fingerprint density at radius 1 is 1.20 bits per heavy atom. The number of rotatable bonds is 4. The van der Waals surface area contributed by atoms with Gasteiger partial charge in [0.05, 0.1) is 6.04 Å². The first-order valence-corrected chi connectivity index (χ1v) is 8.37. The summed E-state index contributed by atoms with van der Waals surface area (Å²) in [7, 11) is 0. The van der Waals surface area contributed by atoms with Crippen molar-refractivity contribution in [3.05, 3.63) is 12.2 Å². The third kappa shape index (κ3) is 2.00. The second kappa shape index (κ2) is 4.83. The van der Waals surface area contributed by atoms with E-state index in [1.54, 1.807) is 6.33 Å². The van der Waals surface area contributed by atoms with E-state index < -0.39 is 0 Å². The van der Waals surface area contributed by atoms with Gasteiger partial charge in [-0.15, -0.1) is 0 Å². The lowest BCUT2D eigenvalue weighted by atomic mass is 9.51. The Balaban J connectivity index is 1.49. The molecule has 4 nitrogen and oxygen atoms in total. The third-order valence-corrected chi connectivity index (χ3v) is 6.22. The summed E-state index contributed by atoms with van der Waals surface area (Å²) in [6.07, 6.45) is 10.2. The number of nitrogens with two attached hydrogens (primary N) is 1. The topological polar surface area (TPSA) is 56.7 Å². The maximum absolute atomic E-state index is 6.47. The molecular formula is C16H26N4. The first-order valence-electron chi connectivity index (χ1n) is 8.37. The summed E-state index contributed by atoms with van der Waals surface area (Å²) in [6.45, 7) is 2.97. The fraction of sp³-hybridized carbons (Fsp3) is 0.875. The van der Waals surface area contributed by atoms with Gasteiger partial charge in [-0.25, -0.2) is 9.67 Å². The van der Waals surface area contributed by atoms with Crippen LogP contribution in [0.25, 0.3) is 0 Å². The van der Waals surface area contributed by atoms with Gasteiger partial charge in [-0.05, 0) is 75.0 Å². The second-order valence-corrected chi connectivity index (χ2v) is 7.37. The molecule has 5 rings (SSSR count). The SMILES string of the molecule is CCn1ncnc1C(N)CC1C2CC3CC(C2)CC1C3. The van der Waals surface area contributed by atoms with E-state index in [0.717, 1.165) is 48.4 Å². The van der Waals surface area contributed by atoms with E-state index in [1.165, 1.54) is 32.1 Å². The van der Waals surface area contributed by atoms with Crippen LogP contribution in [-0.2, 0) is 6.54 Å². The maximum Gasteiger partial charge on any atom is 0.143 e. The minimum atomic E-state index is 0.0694. The van der Waals surface area contributed by atoms with Gasteiger partial charge in [0.2, 0.25) is 0 Å². The molecule has 2 N–H and O–H groups in total. The monoisotopic (exact) mass is 274 g/mol. The van der Waals surface area contributed by atoms with Crippen molar-refractivity contribution in [2.24, 2.45) is 35.3 Å². The summed E-state index contributed by atoms with van der Waals surface area (Å²) in [5.74, 6) is 5.83. The zero-order chi connectivity index (χ0) is 13.7. The smallest absolute Gasteiger partial charge is 0.143 e. The molecule has 1 aromatic rings. The molecule has 1 unspecified atom stereocenters. The highest BCUT2D eigenvalue weighted by Gasteiger charge is 2.48. The molecule has 4 heteroatoms. The number of nitrogens with zero attached hydrogens (tertiary/aromatic N) is 3. The van der Waals surface area contributed by atoms with Crippen LogP contribution in [0.15, 0.2) is 6.33 Å². The molecule has 20 heavy (non-hydrogen) atoms. The molecule has 0 saturated heterocycles. The molecule has 0 radical (unpaired) electrons. The van der Waals surface area contributed by atoms with Crippen molar-refractivity contribution in [2.45, 2.75) is 58.0 Å². The largest absolute Gasteiger partial charge is 0.321 e. The quantitative estimate of drug-likeness (QED) is 0.918. The number of hydrogen-bond acceptors (Lipinski definition) is 3. The predicted octanol–water partition coefficient (Wildman–Crippen LogP) is 2.76. The zero-order valence-electron chi connectivity index (χ0n) is 12.4. The van der Waals surface area contributed by atoms with Crippen LogP contribution in [0.2, 0.25) is 0 Å². The molecule has 4 bridgehead atoms. The molecule has 1 atom stereocenters. The minimum absolute atomic E-state index is 0.0694. The average molecular weight is 274 g/mol. The molecule has 4 fully saturated rings. The maximum atomic E-state index is 6.47. The fourth-order valence-corrected chi connectivity index (χ4v) is 5.63. The zero-order valence-corrected chi connectivity index (χ0v) is 12.4. The van der Waals surface area contributed by atoms with Crippen LogP contribution in [0.1, 0.15) is 57.3 Å². The molecule has 0 spiro atoms. The molecule has 0 aromatic carbocycles. The van der Waals surface area contributed by atoms with Crippen LogP contribution in [-0.4, -0.2) is 14.8 Å². The Bertz CT molecular complexity index is 453. The minimum Gasteiger partial charge on any atom is -0.321 e. The van der Waals surface area contributed by atoms with Gasteiger partial charge in [0, 0.05) is 6.54 Å². The van der Waals surface area contributed by atoms with Crippen LogP contribution >= 0.6 is 0 Å². The summed E-state index contributed by atoms with van der Waals surface area (Å²) in [5.41, 5.74) is 6.47. The summed E-state index contributed by atoms with van der Waals surface area (Å²) >= 11 is 0. The third-order valence-electron chi connectivity index (χ3n) is 6.22. The predicted molar refractivity (Wildman–Crippen MR) is 77.8 cm³/mol. The Hall–Kier alpha value is -0.900. The Kier molecular flexibility index (Phi) is 3.09. The molecular weight excluding hydrogens is 248 g/mol. The van der Waals surface area contributed by atoms with Crippen molar-refractivity contribution in [1.82, 2.24) is 14.8 Å². The van der Waals surface area contributed by atoms with E-state index in [2.05, 4.69) is 17.0 Å². The first kappa shape index (κ1) is 12.8. The van der Waals surface area contributed by atoms with Gasteiger partial charge in [-0.1, -0.05) is 0 Å². The standard InChI is InChI=1S/C16H26N4/c1-2-20-16(18-9-19-20)15(17)8-14-12-4-10-3-11(6-12)7-13(14)5-10/h9-15H,2-8,17H2,1H3. The molecule has 0 aliphatic heterocycles. The summed E-state index contributed by atoms with van der Waals surface area (Å²) < 4.78 is 1.96. The van der Waals surface area contributed by atoms with E-state index in [9.17, 15) is 0 Å². The fourth-order valence-electron chi connectivity index (χ4n) is 5.63. The van der Waals surface area contributed by atoms with E-state index in [-0.39, 0.29) is 6.04 Å². The average Bonchev–Trinajstić information content (AvgIpc) is 2.90. The van der Waals surface area contributed by atoms with Gasteiger partial charge in [0.1, 0.15) is 12.2 Å². The van der Waals surface area contributed by atoms with Crippen LogP contribution < -0.4 is 5.73 Å². The molecule has 4 aliphatic rings. The highest BCUT2D eigenvalue weighted by molar-refractivity contribution is 5.01. The van der Waals surface area contributed by atoms with Crippen molar-refractivity contribution in [2.75, 3.05) is 0 Å². The molecule has 4 saturated carbocycles. The molecule has 1 heterocycles. The van der Waals surface area contributed by atoms with E-state index in [1.807, 2.05) is 4.68 Å². The van der Waals surface area contributed by atoms with Gasteiger partial charge in [-0.3, -0.25) is 0 Å². The van der Waals surface area contributed by atoms with Gasteiger partial charge in [0.25, 0.3) is 0 Å². The highest BCUT2D eigenvalue weighted by Crippen LogP contribution is 2.58. The number of hydrogen-bond donors (Lipinski definition) is 1. The normalized spacial score (nSPS) is 40.2. The van der Waals surface area contributed by atoms with Gasteiger partial charge < -0.3 is 5.73 Å². The van der Waals surface area contributed by atoms with Crippen LogP contribution in [0.4, 0.5) is 0 Å². The van der Waals surface area contributed by atoms with Crippen LogP contribution in [0, 0.1) is 29.6 Å². The van der Waals surface area contributed by atoms with E-state index in [0.29, 0.717) is 0 Å². The van der Waals surface area contributed by atoms with E-state index >= 15 is 0 Å². The highest BCUT2D eigenvalue weighted by atomic mass is 15.3. The Labute approximate surface area is 121 Å². The molecule has 4 aliphatic carbocycles. The van der Waals surface area contributed by atoms with Crippen LogP contribution in [0.5, 0.6) is 0 Å². The van der Waals surface area contributed by atoms with Gasteiger partial charge in [-0.2, -0.15) is 5.10 Å².